The molecule has 0 amide bonds. The minimum Gasteiger partial charge on any atom is -0.324 e. The number of hydrogen-bond acceptors (Lipinski definition) is 15. The van der Waals surface area contributed by atoms with Crippen LogP contribution in [0, 0.1) is 0 Å². The summed E-state index contributed by atoms with van der Waals surface area (Å²) in [4.78, 5) is 19.9. The van der Waals surface area contributed by atoms with Gasteiger partial charge in [-0.15, -0.1) is 0 Å². The molecule has 0 aliphatic rings. The van der Waals surface area contributed by atoms with Crippen LogP contribution in [0.3, 0.4) is 0 Å². The Bertz CT molecular complexity index is 2030. The Balaban J connectivity index is 1.78. The summed E-state index contributed by atoms with van der Waals surface area (Å²) in [5.41, 5.74) is -1.23. The van der Waals surface area contributed by atoms with Crippen molar-refractivity contribution in [3.05, 3.63) is 52.2 Å². The van der Waals surface area contributed by atoms with Crippen molar-refractivity contribution in [2.75, 3.05) is 16.0 Å². The van der Waals surface area contributed by atoms with E-state index in [2.05, 4.69) is 45.9 Å². The largest absolute Gasteiger partial charge is 0.324 e. The van der Waals surface area contributed by atoms with E-state index in [4.69, 9.17) is 34.8 Å². The van der Waals surface area contributed by atoms with Crippen molar-refractivity contribution in [2.24, 2.45) is 0 Å². The predicted octanol–water partition coefficient (Wildman–Crippen LogP) is 2.99. The topological polar surface area (TPSA) is 277 Å². The molecule has 6 N–H and O–H groups in total. The van der Waals surface area contributed by atoms with Crippen LogP contribution in [0.15, 0.2) is 51.1 Å². The van der Waals surface area contributed by atoms with Crippen molar-refractivity contribution in [1.29, 1.82) is 0 Å². The van der Waals surface area contributed by atoms with E-state index in [0.29, 0.717) is 12.1 Å². The third kappa shape index (κ3) is 7.84. The van der Waals surface area contributed by atoms with Crippen molar-refractivity contribution in [1.82, 2.24) is 29.9 Å². The Morgan fingerprint density at radius 2 is 0.976 bits per heavy atom. The zero-order chi connectivity index (χ0) is 31.0. The molecule has 0 spiro atoms. The van der Waals surface area contributed by atoms with Gasteiger partial charge in [-0.2, -0.15) is 55.2 Å². The number of rotatable bonds is 9. The molecule has 4 rings (SSSR count). The van der Waals surface area contributed by atoms with Gasteiger partial charge in [-0.3, -0.25) is 13.7 Å². The van der Waals surface area contributed by atoms with Gasteiger partial charge in [0.05, 0.1) is 16.3 Å². The SMILES string of the molecule is O=S(=O)(O)c1cccc(Nc2nc(Cl)nc(Nc3cc(S(=O)(=O)O)c(Nc4nc(Cl)nc(Cl)n4)cc3S(=O)(=O)O)n2)c1. The minimum atomic E-state index is -5.12. The van der Waals surface area contributed by atoms with Crippen LogP contribution >= 0.6 is 34.8 Å². The van der Waals surface area contributed by atoms with E-state index in [1.54, 1.807) is 0 Å². The first kappa shape index (κ1) is 31.4. The first-order chi connectivity index (χ1) is 19.4. The molecular weight excluding hydrogens is 689 g/mol. The summed E-state index contributed by atoms with van der Waals surface area (Å²) in [6.45, 7) is 0. The van der Waals surface area contributed by atoms with Gasteiger partial charge in [-0.25, -0.2) is 0 Å². The van der Waals surface area contributed by atoms with Crippen LogP contribution in [0.4, 0.5) is 34.9 Å². The third-order valence-corrected chi connectivity index (χ3v) is 7.85. The highest BCUT2D eigenvalue weighted by molar-refractivity contribution is 7.86. The lowest BCUT2D eigenvalue weighted by Crippen LogP contribution is -2.12. The molecule has 2 aromatic carbocycles. The molecular formula is C18H12Cl3N9O9S3. The summed E-state index contributed by atoms with van der Waals surface area (Å²) < 4.78 is 101. The summed E-state index contributed by atoms with van der Waals surface area (Å²) in [6, 6.07) is 6.03. The lowest BCUT2D eigenvalue weighted by molar-refractivity contribution is 0.479. The summed E-state index contributed by atoms with van der Waals surface area (Å²) in [6.07, 6.45) is 0. The molecule has 24 heteroatoms. The van der Waals surface area contributed by atoms with Crippen LogP contribution in [-0.4, -0.2) is 68.8 Å². The molecule has 0 radical (unpaired) electrons. The second kappa shape index (κ2) is 11.6. The maximum Gasteiger partial charge on any atom is 0.296 e. The van der Waals surface area contributed by atoms with Gasteiger partial charge >= 0.3 is 0 Å². The van der Waals surface area contributed by atoms with Crippen molar-refractivity contribution in [3.63, 3.8) is 0 Å². The smallest absolute Gasteiger partial charge is 0.296 e. The van der Waals surface area contributed by atoms with Gasteiger partial charge in [0, 0.05) is 5.69 Å². The molecule has 18 nitrogen and oxygen atoms in total. The third-order valence-electron chi connectivity index (χ3n) is 4.71. The maximum atomic E-state index is 12.2. The van der Waals surface area contributed by atoms with Crippen molar-refractivity contribution < 1.29 is 38.9 Å². The normalized spacial score (nSPS) is 12.1. The Morgan fingerprint density at radius 1 is 0.548 bits per heavy atom. The number of nitrogens with one attached hydrogen (secondary N) is 3. The fourth-order valence-electron chi connectivity index (χ4n) is 3.13. The van der Waals surface area contributed by atoms with Gasteiger partial charge in [-0.1, -0.05) is 6.07 Å². The quantitative estimate of drug-likeness (QED) is 0.137. The Hall–Kier alpha value is -3.54. The predicted molar refractivity (Wildman–Crippen MR) is 147 cm³/mol. The number of aromatic nitrogens is 6. The number of anilines is 6. The zero-order valence-electron chi connectivity index (χ0n) is 19.8. The standard InChI is InChI=1S/C18H12Cl3N9O9S3/c19-13-25-14(20)27-17(26-13)23-9-5-12(42(37,38)39)10(6-11(9)41(34,35)36)24-18-29-15(21)28-16(30-18)22-7-2-1-3-8(4-7)40(31,32)33/h1-6H,(H,31,32,33)(H,34,35,36)(H,37,38,39)(H,23,25,26,27)(H2,22,24,28,29,30). The molecule has 4 aromatic rings. The Labute approximate surface area is 250 Å². The molecule has 0 aliphatic carbocycles. The van der Waals surface area contributed by atoms with Gasteiger partial charge in [-0.05, 0) is 65.1 Å². The molecule has 0 atom stereocenters. The number of halogens is 3. The molecule has 0 fully saturated rings. The summed E-state index contributed by atoms with van der Waals surface area (Å²) in [5, 5.41) is 5.95. The summed E-state index contributed by atoms with van der Waals surface area (Å²) in [7, 11) is -14.8. The zero-order valence-corrected chi connectivity index (χ0v) is 24.5. The van der Waals surface area contributed by atoms with E-state index in [9.17, 15) is 38.9 Å². The van der Waals surface area contributed by atoms with E-state index >= 15 is 0 Å². The fourth-order valence-corrected chi connectivity index (χ4v) is 5.49. The van der Waals surface area contributed by atoms with Gasteiger partial charge < -0.3 is 16.0 Å². The molecule has 222 valence electrons. The van der Waals surface area contributed by atoms with E-state index in [0.717, 1.165) is 12.1 Å². The molecule has 0 saturated heterocycles. The summed E-state index contributed by atoms with van der Waals surface area (Å²) >= 11 is 17.3. The van der Waals surface area contributed by atoms with Crippen molar-refractivity contribution >= 4 is 100 Å². The van der Waals surface area contributed by atoms with Crippen LogP contribution in [-0.2, 0) is 30.4 Å². The fraction of sp³-hybridized carbons (Fsp3) is 0. The molecule has 0 saturated carbocycles. The number of benzene rings is 2. The second-order valence-corrected chi connectivity index (χ2v) is 12.8. The Kier molecular flexibility index (Phi) is 8.69. The van der Waals surface area contributed by atoms with Crippen molar-refractivity contribution in [3.8, 4) is 0 Å². The Morgan fingerprint density at radius 3 is 1.43 bits per heavy atom. The van der Waals surface area contributed by atoms with E-state index < -0.39 is 84.2 Å². The van der Waals surface area contributed by atoms with Gasteiger partial charge in [0.1, 0.15) is 9.79 Å². The number of nitrogens with zero attached hydrogens (tertiary/aromatic N) is 6. The molecule has 0 aliphatic heterocycles. The highest BCUT2D eigenvalue weighted by atomic mass is 35.5. The summed E-state index contributed by atoms with van der Waals surface area (Å²) in [5.74, 6) is -1.29. The highest BCUT2D eigenvalue weighted by Gasteiger charge is 2.26. The molecule has 42 heavy (non-hydrogen) atoms. The van der Waals surface area contributed by atoms with Crippen molar-refractivity contribution in [2.45, 2.75) is 14.7 Å². The van der Waals surface area contributed by atoms with Crippen LogP contribution in [0.2, 0.25) is 15.9 Å². The average molecular weight is 701 g/mol. The molecule has 0 bridgehead atoms. The first-order valence-corrected chi connectivity index (χ1v) is 15.8. The van der Waals surface area contributed by atoms with E-state index in [1.807, 2.05) is 0 Å². The first-order valence-electron chi connectivity index (χ1n) is 10.4. The number of hydrogen-bond donors (Lipinski definition) is 6. The second-order valence-electron chi connectivity index (χ2n) is 7.62. The molecule has 2 aromatic heterocycles. The lowest BCUT2D eigenvalue weighted by Gasteiger charge is -2.15. The van der Waals surface area contributed by atoms with E-state index in [1.165, 1.54) is 12.1 Å². The monoisotopic (exact) mass is 699 g/mol. The van der Waals surface area contributed by atoms with Gasteiger partial charge in [0.25, 0.3) is 30.4 Å². The highest BCUT2D eigenvalue weighted by Crippen LogP contribution is 2.35. The van der Waals surface area contributed by atoms with Gasteiger partial charge in [0.15, 0.2) is 0 Å². The lowest BCUT2D eigenvalue weighted by atomic mass is 10.2. The van der Waals surface area contributed by atoms with Crippen LogP contribution in [0.5, 0.6) is 0 Å². The molecule has 0 unspecified atom stereocenters. The van der Waals surface area contributed by atoms with E-state index in [-0.39, 0.29) is 11.6 Å². The van der Waals surface area contributed by atoms with Crippen LogP contribution < -0.4 is 16.0 Å². The maximum absolute atomic E-state index is 12.2. The van der Waals surface area contributed by atoms with Crippen LogP contribution in [0.25, 0.3) is 0 Å². The molecule has 2 heterocycles. The van der Waals surface area contributed by atoms with Crippen LogP contribution in [0.1, 0.15) is 0 Å². The minimum absolute atomic E-state index is 0.0691. The average Bonchev–Trinajstić information content (AvgIpc) is 2.82. The van der Waals surface area contributed by atoms with Gasteiger partial charge in [0.2, 0.25) is 33.7 Å².